The molecule has 5 aromatic rings. The Hall–Kier alpha value is -2.34. The van der Waals surface area contributed by atoms with Gasteiger partial charge in [-0.15, -0.1) is 0 Å². The molecule has 0 atom stereocenters. The molecule has 3 nitrogen and oxygen atoms in total. The van der Waals surface area contributed by atoms with Crippen molar-refractivity contribution in [1.82, 2.24) is 7.76 Å². The number of aromatic nitrogens is 2. The van der Waals surface area contributed by atoms with E-state index in [1.807, 2.05) is 12.1 Å². The topological polar surface area (TPSA) is 31.0 Å². The van der Waals surface area contributed by atoms with E-state index in [4.69, 9.17) is 9.40 Å². The highest BCUT2D eigenvalue weighted by Crippen LogP contribution is 2.59. The summed E-state index contributed by atoms with van der Waals surface area (Å²) in [4.78, 5) is 5.27. The Kier molecular flexibility index (Phi) is 3.94. The standard InChI is InChI=1S/C29H25IN2O/c30-32-25-8-6-18(19-5-7-23-22-3-1-2-4-26(22)33-27(23)15-19)14-24(25)31-29(32)28-20-10-16-9-17(12-20)13-21(28)11-16/h1-8,14-17,20-21,28H,9-13H2. The number of rotatable bonds is 2. The van der Waals surface area contributed by atoms with Crippen molar-refractivity contribution in [2.24, 2.45) is 23.7 Å². The highest BCUT2D eigenvalue weighted by molar-refractivity contribution is 14.1. The summed E-state index contributed by atoms with van der Waals surface area (Å²) in [7, 11) is 0. The maximum atomic E-state index is 6.14. The van der Waals surface area contributed by atoms with Gasteiger partial charge in [-0.1, -0.05) is 30.3 Å². The molecule has 0 N–H and O–H groups in total. The third-order valence-electron chi connectivity index (χ3n) is 8.86. The number of imidazole rings is 1. The zero-order valence-corrected chi connectivity index (χ0v) is 20.5. The zero-order valence-electron chi connectivity index (χ0n) is 18.4. The minimum absolute atomic E-state index is 0.650. The van der Waals surface area contributed by atoms with Gasteiger partial charge in [-0.25, -0.2) is 4.98 Å². The molecule has 33 heavy (non-hydrogen) atoms. The SMILES string of the molecule is In1c(C2C3CC4CC(C3)CC2C4)nc2cc(-c3ccc4c(c3)oc3ccccc34)ccc21. The van der Waals surface area contributed by atoms with E-state index >= 15 is 0 Å². The van der Waals surface area contributed by atoms with Crippen molar-refractivity contribution in [3.8, 4) is 11.1 Å². The number of fused-ring (bicyclic) bond motifs is 4. The van der Waals surface area contributed by atoms with E-state index in [1.165, 1.54) is 65.3 Å². The van der Waals surface area contributed by atoms with Crippen LogP contribution in [0.2, 0.25) is 0 Å². The molecule has 4 heteroatoms. The maximum Gasteiger partial charge on any atom is 0.136 e. The number of nitrogens with zero attached hydrogens (tertiary/aromatic N) is 2. The molecule has 4 bridgehead atoms. The van der Waals surface area contributed by atoms with Gasteiger partial charge in [0, 0.05) is 16.7 Å². The van der Waals surface area contributed by atoms with E-state index in [0.29, 0.717) is 5.92 Å². The number of hydrogen-bond donors (Lipinski definition) is 0. The average Bonchev–Trinajstić information content (AvgIpc) is 3.35. The first kappa shape index (κ1) is 19.0. The molecule has 4 aliphatic carbocycles. The number of furan rings is 1. The van der Waals surface area contributed by atoms with Crippen LogP contribution in [0.1, 0.15) is 43.8 Å². The molecule has 0 radical (unpaired) electrons. The Labute approximate surface area is 206 Å². The smallest absolute Gasteiger partial charge is 0.136 e. The minimum Gasteiger partial charge on any atom is -0.456 e. The Balaban J connectivity index is 1.21. The normalized spacial score (nSPS) is 28.5. The lowest BCUT2D eigenvalue weighted by Crippen LogP contribution is -2.44. The molecule has 0 unspecified atom stereocenters. The summed E-state index contributed by atoms with van der Waals surface area (Å²) in [5.74, 6) is 5.66. The van der Waals surface area contributed by atoms with Gasteiger partial charge in [-0.3, -0.25) is 2.78 Å². The lowest BCUT2D eigenvalue weighted by Gasteiger charge is -2.54. The average molecular weight is 544 g/mol. The summed E-state index contributed by atoms with van der Waals surface area (Å²) in [6.45, 7) is 0. The molecule has 4 saturated carbocycles. The molecular weight excluding hydrogens is 519 g/mol. The summed E-state index contributed by atoms with van der Waals surface area (Å²) in [5, 5.41) is 2.36. The highest BCUT2D eigenvalue weighted by atomic mass is 127. The molecule has 4 aliphatic rings. The molecule has 164 valence electrons. The van der Waals surface area contributed by atoms with Crippen LogP contribution in [0.5, 0.6) is 0 Å². The molecule has 0 amide bonds. The van der Waals surface area contributed by atoms with Gasteiger partial charge in [0.15, 0.2) is 0 Å². The highest BCUT2D eigenvalue weighted by Gasteiger charge is 2.50. The summed E-state index contributed by atoms with van der Waals surface area (Å²) in [6, 6.07) is 21.6. The first-order valence-electron chi connectivity index (χ1n) is 12.3. The van der Waals surface area contributed by atoms with Gasteiger partial charge in [0.1, 0.15) is 17.0 Å². The van der Waals surface area contributed by atoms with Gasteiger partial charge in [0.25, 0.3) is 0 Å². The summed E-state index contributed by atoms with van der Waals surface area (Å²) in [6.07, 6.45) is 7.22. The Morgan fingerprint density at radius 2 is 1.45 bits per heavy atom. The maximum absolute atomic E-state index is 6.14. The number of benzene rings is 3. The van der Waals surface area contributed by atoms with Crippen molar-refractivity contribution in [3.63, 3.8) is 0 Å². The van der Waals surface area contributed by atoms with E-state index in [-0.39, 0.29) is 0 Å². The van der Waals surface area contributed by atoms with Crippen LogP contribution in [-0.2, 0) is 0 Å². The van der Waals surface area contributed by atoms with Gasteiger partial charge in [-0.05, 0) is 97.2 Å². The molecule has 4 fully saturated rings. The Morgan fingerprint density at radius 3 is 2.27 bits per heavy atom. The van der Waals surface area contributed by atoms with Crippen LogP contribution in [0.15, 0.2) is 65.1 Å². The predicted octanol–water partition coefficient (Wildman–Crippen LogP) is 8.34. The van der Waals surface area contributed by atoms with Crippen LogP contribution >= 0.6 is 22.9 Å². The second-order valence-corrected chi connectivity index (χ2v) is 11.7. The first-order valence-corrected chi connectivity index (χ1v) is 13.3. The first-order chi connectivity index (χ1) is 16.2. The molecule has 2 heterocycles. The monoisotopic (exact) mass is 544 g/mol. The fraction of sp³-hybridized carbons (Fsp3) is 0.345. The lowest BCUT2D eigenvalue weighted by atomic mass is 9.52. The second kappa shape index (κ2) is 6.84. The van der Waals surface area contributed by atoms with Crippen molar-refractivity contribution in [3.05, 3.63) is 66.5 Å². The summed E-state index contributed by atoms with van der Waals surface area (Å²) in [5.41, 5.74) is 6.65. The Bertz CT molecular complexity index is 1530. The number of hydrogen-bond acceptors (Lipinski definition) is 2. The van der Waals surface area contributed by atoms with Crippen LogP contribution < -0.4 is 0 Å². The quantitative estimate of drug-likeness (QED) is 0.209. The van der Waals surface area contributed by atoms with E-state index in [0.717, 1.165) is 40.4 Å². The minimum atomic E-state index is 0.650. The molecule has 0 saturated heterocycles. The molecule has 9 rings (SSSR count). The molecular formula is C29H25IN2O. The van der Waals surface area contributed by atoms with Gasteiger partial charge < -0.3 is 4.42 Å². The third-order valence-corrected chi connectivity index (χ3v) is 9.87. The van der Waals surface area contributed by atoms with Crippen molar-refractivity contribution in [2.75, 3.05) is 0 Å². The number of halogens is 1. The van der Waals surface area contributed by atoms with Crippen molar-refractivity contribution < 1.29 is 4.42 Å². The third kappa shape index (κ3) is 2.76. The summed E-state index contributed by atoms with van der Waals surface area (Å²) < 4.78 is 8.51. The van der Waals surface area contributed by atoms with Gasteiger partial charge in [0.05, 0.1) is 33.9 Å². The molecule has 0 aliphatic heterocycles. The molecule has 3 aromatic carbocycles. The van der Waals surface area contributed by atoms with Crippen molar-refractivity contribution in [1.29, 1.82) is 0 Å². The van der Waals surface area contributed by atoms with E-state index < -0.39 is 0 Å². The van der Waals surface area contributed by atoms with Crippen LogP contribution in [0.4, 0.5) is 0 Å². The summed E-state index contributed by atoms with van der Waals surface area (Å²) >= 11 is 2.50. The molecule has 0 spiro atoms. The van der Waals surface area contributed by atoms with Crippen molar-refractivity contribution >= 4 is 55.8 Å². The van der Waals surface area contributed by atoms with Crippen LogP contribution in [0, 0.1) is 23.7 Å². The van der Waals surface area contributed by atoms with Gasteiger partial charge >= 0.3 is 0 Å². The molecule has 2 aromatic heterocycles. The predicted molar refractivity (Wildman–Crippen MR) is 142 cm³/mol. The largest absolute Gasteiger partial charge is 0.456 e. The van der Waals surface area contributed by atoms with Crippen molar-refractivity contribution in [2.45, 2.75) is 38.0 Å². The zero-order chi connectivity index (χ0) is 21.7. The van der Waals surface area contributed by atoms with Gasteiger partial charge in [0.2, 0.25) is 0 Å². The lowest BCUT2D eigenvalue weighted by molar-refractivity contribution is -0.00543. The van der Waals surface area contributed by atoms with Crippen LogP contribution in [0.25, 0.3) is 44.1 Å². The van der Waals surface area contributed by atoms with Crippen LogP contribution in [-0.4, -0.2) is 7.76 Å². The van der Waals surface area contributed by atoms with E-state index in [1.54, 1.807) is 0 Å². The Morgan fingerprint density at radius 1 is 0.758 bits per heavy atom. The fourth-order valence-corrected chi connectivity index (χ4v) is 8.54. The van der Waals surface area contributed by atoms with Crippen LogP contribution in [0.3, 0.4) is 0 Å². The second-order valence-electron chi connectivity index (χ2n) is 10.7. The fourth-order valence-electron chi connectivity index (χ4n) is 7.71. The van der Waals surface area contributed by atoms with E-state index in [2.05, 4.69) is 74.2 Å². The number of para-hydroxylation sites is 1. The van der Waals surface area contributed by atoms with Gasteiger partial charge in [-0.2, -0.15) is 0 Å². The van der Waals surface area contributed by atoms with E-state index in [9.17, 15) is 0 Å².